The molecule has 1 unspecified atom stereocenters. The van der Waals surface area contributed by atoms with Gasteiger partial charge in [0.1, 0.15) is 0 Å². The van der Waals surface area contributed by atoms with E-state index in [4.69, 9.17) is 4.74 Å². The molecule has 0 aliphatic carbocycles. The fraction of sp³-hybridized carbons (Fsp3) is 0.861. The molecule has 0 radical (unpaired) electrons. The molecule has 224 valence electrons. The molecule has 0 aliphatic rings. The summed E-state index contributed by atoms with van der Waals surface area (Å²) in [6.45, 7) is 7.52. The molecule has 0 fully saturated rings. The van der Waals surface area contributed by atoms with Gasteiger partial charge in [-0.15, -0.1) is 0 Å². The minimum Gasteiger partial charge on any atom is -0.466 e. The highest BCUT2D eigenvalue weighted by molar-refractivity contribution is 5.69. The van der Waals surface area contributed by atoms with Crippen molar-refractivity contribution < 1.29 is 9.53 Å². The number of allylic oxidation sites excluding steroid dienone is 4. The molecule has 0 saturated heterocycles. The number of rotatable bonds is 30. The van der Waals surface area contributed by atoms with Crippen LogP contribution in [0.2, 0.25) is 0 Å². The van der Waals surface area contributed by atoms with Crippen LogP contribution in [0.3, 0.4) is 0 Å². The first kappa shape index (κ1) is 37.0. The molecule has 1 atom stereocenters. The molecule has 0 aromatic heterocycles. The summed E-state index contributed by atoms with van der Waals surface area (Å²) in [6.07, 6.45) is 42.3. The first-order chi connectivity index (χ1) is 18.7. The third kappa shape index (κ3) is 31.2. The second kappa shape index (κ2) is 32.2. The molecule has 0 aliphatic heterocycles. The van der Waals surface area contributed by atoms with Crippen molar-refractivity contribution in [1.29, 1.82) is 0 Å². The van der Waals surface area contributed by atoms with Crippen LogP contribution in [0.1, 0.15) is 188 Å². The van der Waals surface area contributed by atoms with Crippen molar-refractivity contribution in [3.63, 3.8) is 0 Å². The summed E-state index contributed by atoms with van der Waals surface area (Å²) < 4.78 is 5.43. The average molecular weight is 533 g/mol. The maximum Gasteiger partial charge on any atom is 0.305 e. The Labute approximate surface area is 239 Å². The Kier molecular flexibility index (Phi) is 31.3. The minimum atomic E-state index is 0.00973. The highest BCUT2D eigenvalue weighted by Crippen LogP contribution is 2.14. The van der Waals surface area contributed by atoms with Crippen molar-refractivity contribution in [2.75, 3.05) is 6.61 Å². The van der Waals surface area contributed by atoms with Crippen LogP contribution in [-0.4, -0.2) is 12.6 Å². The van der Waals surface area contributed by atoms with E-state index in [0.29, 0.717) is 13.0 Å². The summed E-state index contributed by atoms with van der Waals surface area (Å²) in [6, 6.07) is 0. The molecule has 0 rings (SSSR count). The van der Waals surface area contributed by atoms with Crippen molar-refractivity contribution in [1.82, 2.24) is 0 Å². The lowest BCUT2D eigenvalue weighted by atomic mass is 10.0. The molecule has 0 heterocycles. The van der Waals surface area contributed by atoms with Crippen LogP contribution in [0.25, 0.3) is 0 Å². The van der Waals surface area contributed by atoms with E-state index in [1.807, 2.05) is 0 Å². The number of carbonyl (C=O) groups excluding carboxylic acids is 1. The first-order valence-corrected chi connectivity index (χ1v) is 17.2. The summed E-state index contributed by atoms with van der Waals surface area (Å²) >= 11 is 0. The van der Waals surface area contributed by atoms with Crippen molar-refractivity contribution in [2.45, 2.75) is 188 Å². The van der Waals surface area contributed by atoms with Crippen LogP contribution in [-0.2, 0) is 9.53 Å². The Morgan fingerprint density at radius 3 is 1.61 bits per heavy atom. The molecule has 2 heteroatoms. The quantitative estimate of drug-likeness (QED) is 0.0522. The van der Waals surface area contributed by atoms with Crippen LogP contribution in [0.5, 0.6) is 0 Å². The monoisotopic (exact) mass is 533 g/mol. The van der Waals surface area contributed by atoms with Gasteiger partial charge in [-0.25, -0.2) is 0 Å². The van der Waals surface area contributed by atoms with E-state index in [2.05, 4.69) is 45.1 Å². The highest BCUT2D eigenvalue weighted by Gasteiger charge is 2.02. The van der Waals surface area contributed by atoms with Crippen molar-refractivity contribution >= 4 is 5.97 Å². The summed E-state index contributed by atoms with van der Waals surface area (Å²) in [5.74, 6) is 0.861. The summed E-state index contributed by atoms with van der Waals surface area (Å²) in [5.41, 5.74) is 0. The van der Waals surface area contributed by atoms with Gasteiger partial charge in [-0.05, 0) is 50.9 Å². The fourth-order valence-electron chi connectivity index (χ4n) is 4.88. The van der Waals surface area contributed by atoms with Crippen molar-refractivity contribution in [2.24, 2.45) is 5.92 Å². The number of carbonyl (C=O) groups is 1. The zero-order chi connectivity index (χ0) is 27.8. The van der Waals surface area contributed by atoms with Gasteiger partial charge in [0.2, 0.25) is 0 Å². The highest BCUT2D eigenvalue weighted by atomic mass is 16.5. The molecule has 2 nitrogen and oxygen atoms in total. The fourth-order valence-corrected chi connectivity index (χ4v) is 4.88. The van der Waals surface area contributed by atoms with Gasteiger partial charge in [0.05, 0.1) is 6.61 Å². The van der Waals surface area contributed by atoms with Crippen molar-refractivity contribution in [3.05, 3.63) is 24.3 Å². The number of hydrogen-bond acceptors (Lipinski definition) is 2. The lowest BCUT2D eigenvalue weighted by Gasteiger charge is -2.05. The summed E-state index contributed by atoms with van der Waals surface area (Å²) in [5, 5.41) is 0. The van der Waals surface area contributed by atoms with E-state index >= 15 is 0 Å². The Hall–Kier alpha value is -1.05. The predicted molar refractivity (Wildman–Crippen MR) is 170 cm³/mol. The number of hydrogen-bond donors (Lipinski definition) is 0. The topological polar surface area (TPSA) is 26.3 Å². The predicted octanol–water partition coefficient (Wildman–Crippen LogP) is 12.5. The number of esters is 1. The van der Waals surface area contributed by atoms with Gasteiger partial charge in [-0.1, -0.05) is 161 Å². The standard InChI is InChI=1S/C36H68O2/c1-4-6-7-8-9-10-11-12-13-16-19-22-25-28-31-34-38-36(37)33-30-27-24-21-18-15-14-17-20-23-26-29-32-35(3)5-2/h14,17,23,26,35H,4-13,15-16,18-22,24-25,27-34H2,1-3H3/b17-14-,26-23-. The van der Waals surface area contributed by atoms with Crippen molar-refractivity contribution in [3.8, 4) is 0 Å². The minimum absolute atomic E-state index is 0.00973. The average Bonchev–Trinajstić information content (AvgIpc) is 2.92. The summed E-state index contributed by atoms with van der Waals surface area (Å²) in [4.78, 5) is 11.9. The Morgan fingerprint density at radius 2 is 1.05 bits per heavy atom. The molecule has 0 aromatic rings. The van der Waals surface area contributed by atoms with E-state index in [1.54, 1.807) is 0 Å². The molecule has 0 spiro atoms. The smallest absolute Gasteiger partial charge is 0.305 e. The zero-order valence-electron chi connectivity index (χ0n) is 26.3. The van der Waals surface area contributed by atoms with E-state index in [-0.39, 0.29) is 5.97 Å². The zero-order valence-corrected chi connectivity index (χ0v) is 26.3. The van der Waals surface area contributed by atoms with Gasteiger partial charge in [0, 0.05) is 6.42 Å². The van der Waals surface area contributed by atoms with Crippen LogP contribution in [0, 0.1) is 5.92 Å². The third-order valence-electron chi connectivity index (χ3n) is 7.89. The molecular weight excluding hydrogens is 464 g/mol. The van der Waals surface area contributed by atoms with Gasteiger partial charge in [0.25, 0.3) is 0 Å². The molecular formula is C36H68O2. The van der Waals surface area contributed by atoms with E-state index in [9.17, 15) is 4.79 Å². The third-order valence-corrected chi connectivity index (χ3v) is 7.89. The maximum atomic E-state index is 11.9. The Bertz CT molecular complexity index is 521. The van der Waals surface area contributed by atoms with Gasteiger partial charge in [-0.3, -0.25) is 4.79 Å². The number of unbranched alkanes of at least 4 members (excludes halogenated alkanes) is 19. The van der Waals surface area contributed by atoms with E-state index in [0.717, 1.165) is 31.6 Å². The van der Waals surface area contributed by atoms with Gasteiger partial charge >= 0.3 is 5.97 Å². The second-order valence-electron chi connectivity index (χ2n) is 11.7. The number of ether oxygens (including phenoxy) is 1. The molecule has 0 bridgehead atoms. The lowest BCUT2D eigenvalue weighted by Crippen LogP contribution is -2.05. The molecule has 0 aromatic carbocycles. The second-order valence-corrected chi connectivity index (χ2v) is 11.7. The molecule has 38 heavy (non-hydrogen) atoms. The van der Waals surface area contributed by atoms with Crippen LogP contribution in [0.4, 0.5) is 0 Å². The van der Waals surface area contributed by atoms with Crippen LogP contribution in [0.15, 0.2) is 24.3 Å². The summed E-state index contributed by atoms with van der Waals surface area (Å²) in [7, 11) is 0. The Morgan fingerprint density at radius 1 is 0.579 bits per heavy atom. The molecule has 0 amide bonds. The molecule has 0 saturated carbocycles. The van der Waals surface area contributed by atoms with Crippen LogP contribution < -0.4 is 0 Å². The maximum absolute atomic E-state index is 11.9. The van der Waals surface area contributed by atoms with Gasteiger partial charge in [-0.2, -0.15) is 0 Å². The van der Waals surface area contributed by atoms with Gasteiger partial charge in [0.15, 0.2) is 0 Å². The normalized spacial score (nSPS) is 12.6. The van der Waals surface area contributed by atoms with Gasteiger partial charge < -0.3 is 4.74 Å². The largest absolute Gasteiger partial charge is 0.466 e. The van der Waals surface area contributed by atoms with E-state index < -0.39 is 0 Å². The lowest BCUT2D eigenvalue weighted by molar-refractivity contribution is -0.143. The first-order valence-electron chi connectivity index (χ1n) is 17.2. The van der Waals surface area contributed by atoms with E-state index in [1.165, 1.54) is 135 Å². The SMILES string of the molecule is CCCCCCCCCCCCCCCCCOC(=O)CCCCCCC/C=C\C/C=C\CCC(C)CC. The van der Waals surface area contributed by atoms with Crippen LogP contribution >= 0.6 is 0 Å². The Balaban J connectivity index is 3.25. The molecule has 0 N–H and O–H groups in total.